The quantitative estimate of drug-likeness (QED) is 0.399. The molecule has 4 aromatic heterocycles. The standard InChI is InChI=1S/C24H21FN6/c25-16-3-1-2-15(10-16)17-6-9-27-24-18(17)11-21(29-24)23-19-12-20(14-4-7-26-8-5-14)28-13-22(19)30-31-23/h1-3,6,9-14,26H,4-5,7-8H2,(H,27,29)(H,30,31). The van der Waals surface area contributed by atoms with E-state index in [0.29, 0.717) is 5.92 Å². The fraction of sp³-hybridized carbons (Fsp3) is 0.208. The summed E-state index contributed by atoms with van der Waals surface area (Å²) >= 11 is 0. The number of benzene rings is 1. The predicted molar refractivity (Wildman–Crippen MR) is 119 cm³/mol. The fourth-order valence-corrected chi connectivity index (χ4v) is 4.54. The highest BCUT2D eigenvalue weighted by atomic mass is 19.1. The van der Waals surface area contributed by atoms with Gasteiger partial charge in [0.25, 0.3) is 0 Å². The van der Waals surface area contributed by atoms with Crippen LogP contribution in [0, 0.1) is 5.82 Å². The van der Waals surface area contributed by atoms with Crippen molar-refractivity contribution in [3.8, 4) is 22.5 Å². The van der Waals surface area contributed by atoms with E-state index in [0.717, 1.165) is 76.1 Å². The van der Waals surface area contributed by atoms with Crippen LogP contribution in [-0.4, -0.2) is 38.2 Å². The molecule has 0 spiro atoms. The van der Waals surface area contributed by atoms with Crippen LogP contribution in [0.3, 0.4) is 0 Å². The number of aromatic nitrogens is 5. The highest BCUT2D eigenvalue weighted by Gasteiger charge is 2.19. The first kappa shape index (κ1) is 18.2. The second kappa shape index (κ2) is 7.28. The molecule has 3 N–H and O–H groups in total. The van der Waals surface area contributed by atoms with Crippen molar-refractivity contribution in [1.29, 1.82) is 0 Å². The van der Waals surface area contributed by atoms with Gasteiger partial charge in [0.15, 0.2) is 0 Å². The van der Waals surface area contributed by atoms with Crippen LogP contribution in [-0.2, 0) is 0 Å². The summed E-state index contributed by atoms with van der Waals surface area (Å²) in [6, 6.07) is 12.7. The Morgan fingerprint density at radius 3 is 2.74 bits per heavy atom. The molecule has 1 aliphatic rings. The van der Waals surface area contributed by atoms with E-state index in [-0.39, 0.29) is 5.82 Å². The van der Waals surface area contributed by atoms with Crippen LogP contribution in [0.15, 0.2) is 54.9 Å². The fourth-order valence-electron chi connectivity index (χ4n) is 4.54. The number of nitrogens with zero attached hydrogens (tertiary/aromatic N) is 3. The largest absolute Gasteiger partial charge is 0.338 e. The number of pyridine rings is 2. The first-order chi connectivity index (χ1) is 15.3. The van der Waals surface area contributed by atoms with Crippen molar-refractivity contribution in [2.75, 3.05) is 13.1 Å². The maximum absolute atomic E-state index is 13.8. The molecule has 1 aromatic carbocycles. The van der Waals surface area contributed by atoms with E-state index in [1.807, 2.05) is 24.4 Å². The summed E-state index contributed by atoms with van der Waals surface area (Å²) in [5.41, 5.74) is 6.25. The number of aromatic amines is 2. The molecule has 1 saturated heterocycles. The summed E-state index contributed by atoms with van der Waals surface area (Å²) in [5.74, 6) is 0.215. The average Bonchev–Trinajstić information content (AvgIpc) is 3.43. The summed E-state index contributed by atoms with van der Waals surface area (Å²) in [6.45, 7) is 2.05. The van der Waals surface area contributed by atoms with Gasteiger partial charge in [-0.05, 0) is 67.4 Å². The van der Waals surface area contributed by atoms with Crippen molar-refractivity contribution in [1.82, 2.24) is 30.5 Å². The minimum Gasteiger partial charge on any atom is -0.338 e. The van der Waals surface area contributed by atoms with Gasteiger partial charge in [0, 0.05) is 28.6 Å². The number of rotatable bonds is 3. The molecule has 31 heavy (non-hydrogen) atoms. The molecular weight excluding hydrogens is 391 g/mol. The Morgan fingerprint density at radius 2 is 1.87 bits per heavy atom. The molecule has 1 aliphatic heterocycles. The van der Waals surface area contributed by atoms with E-state index in [9.17, 15) is 4.39 Å². The third kappa shape index (κ3) is 3.18. The Morgan fingerprint density at radius 1 is 0.968 bits per heavy atom. The Bertz CT molecular complexity index is 1400. The van der Waals surface area contributed by atoms with Crippen LogP contribution in [0.1, 0.15) is 24.5 Å². The van der Waals surface area contributed by atoms with Crippen LogP contribution in [0.5, 0.6) is 0 Å². The molecule has 7 heteroatoms. The van der Waals surface area contributed by atoms with Crippen molar-refractivity contribution in [3.05, 3.63) is 66.4 Å². The lowest BCUT2D eigenvalue weighted by atomic mass is 9.93. The average molecular weight is 412 g/mol. The molecule has 0 radical (unpaired) electrons. The Hall–Kier alpha value is -3.58. The summed E-state index contributed by atoms with van der Waals surface area (Å²) in [6.07, 6.45) is 5.81. The zero-order chi connectivity index (χ0) is 20.8. The molecule has 154 valence electrons. The zero-order valence-corrected chi connectivity index (χ0v) is 16.8. The Kier molecular flexibility index (Phi) is 4.28. The molecule has 0 aliphatic carbocycles. The van der Waals surface area contributed by atoms with Gasteiger partial charge < -0.3 is 10.3 Å². The van der Waals surface area contributed by atoms with Crippen molar-refractivity contribution in [2.24, 2.45) is 0 Å². The first-order valence-corrected chi connectivity index (χ1v) is 10.5. The smallest absolute Gasteiger partial charge is 0.138 e. The van der Waals surface area contributed by atoms with Gasteiger partial charge in [0.1, 0.15) is 17.2 Å². The maximum Gasteiger partial charge on any atom is 0.138 e. The highest BCUT2D eigenvalue weighted by Crippen LogP contribution is 2.34. The van der Waals surface area contributed by atoms with Gasteiger partial charge in [0.05, 0.1) is 17.4 Å². The number of fused-ring (bicyclic) bond motifs is 2. The molecule has 6 nitrogen and oxygen atoms in total. The number of hydrogen-bond acceptors (Lipinski definition) is 4. The van der Waals surface area contributed by atoms with Crippen molar-refractivity contribution in [2.45, 2.75) is 18.8 Å². The van der Waals surface area contributed by atoms with Crippen LogP contribution < -0.4 is 5.32 Å². The summed E-state index contributed by atoms with van der Waals surface area (Å²) in [7, 11) is 0. The van der Waals surface area contributed by atoms with Gasteiger partial charge in [-0.25, -0.2) is 9.37 Å². The molecule has 5 aromatic rings. The number of hydrogen-bond donors (Lipinski definition) is 3. The minimum atomic E-state index is -0.255. The van der Waals surface area contributed by atoms with E-state index in [1.165, 1.54) is 6.07 Å². The van der Waals surface area contributed by atoms with Crippen LogP contribution in [0.2, 0.25) is 0 Å². The second-order valence-electron chi connectivity index (χ2n) is 8.07. The van der Waals surface area contributed by atoms with Crippen LogP contribution in [0.4, 0.5) is 4.39 Å². The minimum absolute atomic E-state index is 0.255. The SMILES string of the molecule is Fc1cccc(-c2ccnc3[nH]c(-c4n[nH]c5cnc(C6CCNCC6)cc45)cc23)c1. The topological polar surface area (TPSA) is 82.3 Å². The van der Waals surface area contributed by atoms with E-state index < -0.39 is 0 Å². The first-order valence-electron chi connectivity index (χ1n) is 10.5. The molecule has 5 heterocycles. The van der Waals surface area contributed by atoms with Gasteiger partial charge >= 0.3 is 0 Å². The van der Waals surface area contributed by atoms with Gasteiger partial charge in [-0.15, -0.1) is 0 Å². The van der Waals surface area contributed by atoms with Crippen molar-refractivity contribution >= 4 is 21.9 Å². The molecule has 0 atom stereocenters. The van der Waals surface area contributed by atoms with Gasteiger partial charge in [-0.1, -0.05) is 12.1 Å². The molecule has 1 fully saturated rings. The molecule has 0 bridgehead atoms. The zero-order valence-electron chi connectivity index (χ0n) is 16.8. The van der Waals surface area contributed by atoms with E-state index >= 15 is 0 Å². The van der Waals surface area contributed by atoms with Crippen molar-refractivity contribution in [3.63, 3.8) is 0 Å². The second-order valence-corrected chi connectivity index (χ2v) is 8.07. The normalized spacial score (nSPS) is 15.1. The molecule has 6 rings (SSSR count). The number of halogens is 1. The highest BCUT2D eigenvalue weighted by molar-refractivity contribution is 5.99. The lowest BCUT2D eigenvalue weighted by Crippen LogP contribution is -2.27. The van der Waals surface area contributed by atoms with E-state index in [1.54, 1.807) is 18.3 Å². The van der Waals surface area contributed by atoms with E-state index in [2.05, 4.69) is 36.5 Å². The third-order valence-electron chi connectivity index (χ3n) is 6.15. The Balaban J connectivity index is 1.47. The lowest BCUT2D eigenvalue weighted by Gasteiger charge is -2.22. The molecule has 0 saturated carbocycles. The number of piperidine rings is 1. The summed E-state index contributed by atoms with van der Waals surface area (Å²) in [4.78, 5) is 12.6. The molecule has 0 unspecified atom stereocenters. The third-order valence-corrected chi connectivity index (χ3v) is 6.15. The monoisotopic (exact) mass is 412 g/mol. The molecule has 0 amide bonds. The number of nitrogens with one attached hydrogen (secondary N) is 3. The maximum atomic E-state index is 13.8. The summed E-state index contributed by atoms with van der Waals surface area (Å²) in [5, 5.41) is 13.1. The lowest BCUT2D eigenvalue weighted by molar-refractivity contribution is 0.453. The van der Waals surface area contributed by atoms with Crippen LogP contribution in [0.25, 0.3) is 44.5 Å². The van der Waals surface area contributed by atoms with Gasteiger partial charge in [-0.2, -0.15) is 5.10 Å². The number of H-pyrrole nitrogens is 2. The van der Waals surface area contributed by atoms with Gasteiger partial charge in [-0.3, -0.25) is 10.1 Å². The van der Waals surface area contributed by atoms with Crippen LogP contribution >= 0.6 is 0 Å². The summed E-state index contributed by atoms with van der Waals surface area (Å²) < 4.78 is 13.8. The van der Waals surface area contributed by atoms with Gasteiger partial charge in [0.2, 0.25) is 0 Å². The molecular formula is C24H21FN6. The van der Waals surface area contributed by atoms with Crippen molar-refractivity contribution < 1.29 is 4.39 Å². The van der Waals surface area contributed by atoms with E-state index in [4.69, 9.17) is 0 Å². The predicted octanol–water partition coefficient (Wildman–Crippen LogP) is 4.77. The Labute approximate surface area is 177 Å².